The van der Waals surface area contributed by atoms with E-state index in [-0.39, 0.29) is 17.6 Å². The van der Waals surface area contributed by atoms with E-state index in [9.17, 15) is 0 Å². The second kappa shape index (κ2) is 7.14. The van der Waals surface area contributed by atoms with Crippen LogP contribution in [0.2, 0.25) is 10.0 Å². The first-order valence-electron chi connectivity index (χ1n) is 6.69. The quantitative estimate of drug-likeness (QED) is 0.628. The molecule has 1 aromatic heterocycles. The van der Waals surface area contributed by atoms with Crippen LogP contribution in [-0.4, -0.2) is 15.0 Å². The Labute approximate surface area is 156 Å². The van der Waals surface area contributed by atoms with Crippen LogP contribution in [-0.2, 0) is 0 Å². The molecule has 0 amide bonds. The average molecular weight is 421 g/mol. The van der Waals surface area contributed by atoms with Crippen LogP contribution < -0.4 is 5.32 Å². The van der Waals surface area contributed by atoms with E-state index in [1.165, 1.54) is 0 Å². The van der Waals surface area contributed by atoms with Crippen LogP contribution in [0.5, 0.6) is 0 Å². The number of nitrogens with zero attached hydrogens (tertiary/aromatic N) is 4. The summed E-state index contributed by atoms with van der Waals surface area (Å²) in [5.41, 5.74) is 1.30. The minimum atomic E-state index is -0.0179. The summed E-state index contributed by atoms with van der Waals surface area (Å²) in [6.07, 6.45) is 0. The first kappa shape index (κ1) is 16.7. The molecule has 5 nitrogen and oxygen atoms in total. The average Bonchev–Trinajstić information content (AvgIpc) is 2.59. The first-order chi connectivity index (χ1) is 11.5. The number of hydrogen-bond acceptors (Lipinski definition) is 5. The molecule has 0 fully saturated rings. The van der Waals surface area contributed by atoms with Gasteiger partial charge in [-0.1, -0.05) is 39.1 Å². The van der Waals surface area contributed by atoms with Crippen LogP contribution in [0.1, 0.15) is 5.82 Å². The number of nitrogens with one attached hydrogen (secondary N) is 1. The van der Waals surface area contributed by atoms with Crippen LogP contribution in [0.15, 0.2) is 46.9 Å². The number of aromatic nitrogens is 3. The highest BCUT2D eigenvalue weighted by Gasteiger charge is 2.12. The van der Waals surface area contributed by atoms with Gasteiger partial charge in [0, 0.05) is 20.7 Å². The van der Waals surface area contributed by atoms with Crippen molar-refractivity contribution in [2.45, 2.75) is 0 Å². The Morgan fingerprint density at radius 2 is 1.75 bits per heavy atom. The van der Waals surface area contributed by atoms with Gasteiger partial charge in [0.2, 0.25) is 11.8 Å². The van der Waals surface area contributed by atoms with Crippen molar-refractivity contribution in [3.63, 3.8) is 0 Å². The number of nitriles is 1. The molecule has 0 aliphatic rings. The van der Waals surface area contributed by atoms with Crippen LogP contribution in [0.3, 0.4) is 0 Å². The smallest absolute Gasteiger partial charge is 0.237 e. The van der Waals surface area contributed by atoms with Gasteiger partial charge in [0.25, 0.3) is 0 Å². The van der Waals surface area contributed by atoms with Gasteiger partial charge >= 0.3 is 0 Å². The fourth-order valence-corrected chi connectivity index (χ4v) is 2.57. The van der Waals surface area contributed by atoms with Crippen molar-refractivity contribution >= 4 is 50.8 Å². The molecule has 118 valence electrons. The lowest BCUT2D eigenvalue weighted by atomic mass is 10.2. The number of benzene rings is 2. The summed E-state index contributed by atoms with van der Waals surface area (Å²) in [6.45, 7) is 0. The molecular weight excluding hydrogens is 413 g/mol. The van der Waals surface area contributed by atoms with Gasteiger partial charge in [-0.05, 0) is 42.5 Å². The molecule has 0 saturated carbocycles. The largest absolute Gasteiger partial charge is 0.324 e. The third-order valence-electron chi connectivity index (χ3n) is 3.01. The van der Waals surface area contributed by atoms with Gasteiger partial charge in [0.1, 0.15) is 6.07 Å². The van der Waals surface area contributed by atoms with Crippen LogP contribution in [0, 0.1) is 11.3 Å². The summed E-state index contributed by atoms with van der Waals surface area (Å²) in [6, 6.07) is 14.3. The molecule has 1 heterocycles. The predicted octanol–water partition coefficient (Wildman–Crippen LogP) is 5.22. The first-order valence-corrected chi connectivity index (χ1v) is 8.24. The molecule has 1 N–H and O–H groups in total. The summed E-state index contributed by atoms with van der Waals surface area (Å²) in [5.74, 6) is 0.499. The van der Waals surface area contributed by atoms with E-state index in [4.69, 9.17) is 28.5 Å². The van der Waals surface area contributed by atoms with Crippen LogP contribution >= 0.6 is 39.1 Å². The van der Waals surface area contributed by atoms with E-state index in [0.717, 1.165) is 10.2 Å². The van der Waals surface area contributed by atoms with E-state index in [1.807, 2.05) is 30.3 Å². The molecule has 0 radical (unpaired) electrons. The van der Waals surface area contributed by atoms with Gasteiger partial charge in [0.15, 0.2) is 5.82 Å². The highest BCUT2D eigenvalue weighted by molar-refractivity contribution is 9.10. The van der Waals surface area contributed by atoms with E-state index in [1.54, 1.807) is 18.2 Å². The standard InChI is InChI=1S/C16H8BrCl2N5/c17-9-1-4-11(5-2-9)21-16-23-14(8-20)22-15(24-16)12-7-10(18)3-6-13(12)19/h1-7H,(H,21,22,23,24). The Morgan fingerprint density at radius 3 is 2.46 bits per heavy atom. The molecule has 24 heavy (non-hydrogen) atoms. The molecule has 2 aromatic carbocycles. The third kappa shape index (κ3) is 3.82. The second-order valence-corrected chi connectivity index (χ2v) is 6.43. The van der Waals surface area contributed by atoms with E-state index in [2.05, 4.69) is 36.2 Å². The Morgan fingerprint density at radius 1 is 1.00 bits per heavy atom. The Hall–Kier alpha value is -2.20. The Bertz CT molecular complexity index is 938. The number of halogens is 3. The highest BCUT2D eigenvalue weighted by atomic mass is 79.9. The van der Waals surface area contributed by atoms with Crippen LogP contribution in [0.4, 0.5) is 11.6 Å². The molecule has 0 atom stereocenters. The molecule has 0 aliphatic carbocycles. The van der Waals surface area contributed by atoms with Gasteiger partial charge in [-0.2, -0.15) is 20.2 Å². The Kier molecular flexibility index (Phi) is 4.95. The molecule has 0 bridgehead atoms. The molecule has 0 unspecified atom stereocenters. The summed E-state index contributed by atoms with van der Waals surface area (Å²) in [4.78, 5) is 12.5. The molecular formula is C16H8BrCl2N5. The van der Waals surface area contributed by atoms with Gasteiger partial charge in [-0.3, -0.25) is 0 Å². The summed E-state index contributed by atoms with van der Waals surface area (Å²) >= 11 is 15.6. The number of rotatable bonds is 3. The van der Waals surface area contributed by atoms with Crippen molar-refractivity contribution in [2.75, 3.05) is 5.32 Å². The van der Waals surface area contributed by atoms with Crippen molar-refractivity contribution in [3.8, 4) is 17.5 Å². The lowest BCUT2D eigenvalue weighted by Gasteiger charge is -2.08. The fourth-order valence-electron chi connectivity index (χ4n) is 1.93. The Balaban J connectivity index is 2.04. The van der Waals surface area contributed by atoms with Crippen molar-refractivity contribution in [2.24, 2.45) is 0 Å². The summed E-state index contributed by atoms with van der Waals surface area (Å²) in [7, 11) is 0. The zero-order valence-electron chi connectivity index (χ0n) is 12.0. The van der Waals surface area contributed by atoms with Crippen molar-refractivity contribution in [1.29, 1.82) is 5.26 Å². The van der Waals surface area contributed by atoms with Crippen molar-refractivity contribution in [3.05, 3.63) is 62.8 Å². The molecule has 0 aliphatic heterocycles. The highest BCUT2D eigenvalue weighted by Crippen LogP contribution is 2.29. The summed E-state index contributed by atoms with van der Waals surface area (Å²) in [5, 5.41) is 13.1. The zero-order valence-corrected chi connectivity index (χ0v) is 15.1. The van der Waals surface area contributed by atoms with E-state index >= 15 is 0 Å². The van der Waals surface area contributed by atoms with Crippen molar-refractivity contribution < 1.29 is 0 Å². The van der Waals surface area contributed by atoms with Gasteiger partial charge in [-0.25, -0.2) is 0 Å². The lowest BCUT2D eigenvalue weighted by Crippen LogP contribution is -2.03. The zero-order chi connectivity index (χ0) is 17.1. The van der Waals surface area contributed by atoms with E-state index < -0.39 is 0 Å². The fraction of sp³-hybridized carbons (Fsp3) is 0. The molecule has 8 heteroatoms. The minimum Gasteiger partial charge on any atom is -0.324 e. The molecule has 3 rings (SSSR count). The molecule has 0 saturated heterocycles. The van der Waals surface area contributed by atoms with Gasteiger partial charge < -0.3 is 5.32 Å². The predicted molar refractivity (Wildman–Crippen MR) is 97.4 cm³/mol. The topological polar surface area (TPSA) is 74.5 Å². The lowest BCUT2D eigenvalue weighted by molar-refractivity contribution is 1.03. The SMILES string of the molecule is N#Cc1nc(Nc2ccc(Br)cc2)nc(-c2cc(Cl)ccc2Cl)n1. The minimum absolute atomic E-state index is 0.0179. The second-order valence-electron chi connectivity index (χ2n) is 4.67. The van der Waals surface area contributed by atoms with E-state index in [0.29, 0.717) is 15.6 Å². The molecule has 3 aromatic rings. The van der Waals surface area contributed by atoms with Gasteiger partial charge in [-0.15, -0.1) is 0 Å². The maximum atomic E-state index is 9.16. The molecule has 0 spiro atoms. The normalized spacial score (nSPS) is 10.2. The van der Waals surface area contributed by atoms with Crippen molar-refractivity contribution in [1.82, 2.24) is 15.0 Å². The maximum absolute atomic E-state index is 9.16. The number of hydrogen-bond donors (Lipinski definition) is 1. The number of anilines is 2. The van der Waals surface area contributed by atoms with Crippen LogP contribution in [0.25, 0.3) is 11.4 Å². The van der Waals surface area contributed by atoms with Gasteiger partial charge in [0.05, 0.1) is 5.02 Å². The maximum Gasteiger partial charge on any atom is 0.237 e. The monoisotopic (exact) mass is 419 g/mol. The third-order valence-corrected chi connectivity index (χ3v) is 4.10. The summed E-state index contributed by atoms with van der Waals surface area (Å²) < 4.78 is 0.952.